The van der Waals surface area contributed by atoms with E-state index in [9.17, 15) is 0 Å². The average molecular weight is 213 g/mol. The third-order valence-electron chi connectivity index (χ3n) is 2.23. The van der Waals surface area contributed by atoms with Gasteiger partial charge in [-0.3, -0.25) is 4.68 Å². The second kappa shape index (κ2) is 4.11. The molecule has 1 aromatic heterocycles. The van der Waals surface area contributed by atoms with E-state index >= 15 is 0 Å². The maximum Gasteiger partial charge on any atom is 0.110 e. The number of nitrogens with zero attached hydrogens (tertiary/aromatic N) is 3. The zero-order valence-corrected chi connectivity index (χ0v) is 8.83. The highest BCUT2D eigenvalue weighted by molar-refractivity contribution is 6.22. The molecule has 0 fully saturated rings. The predicted octanol–water partition coefficient (Wildman–Crippen LogP) is 0.892. The number of rotatable bonds is 2. The van der Waals surface area contributed by atoms with E-state index in [2.05, 4.69) is 15.6 Å². The van der Waals surface area contributed by atoms with E-state index in [0.717, 1.165) is 30.9 Å². The Bertz CT molecular complexity index is 344. The topological polar surface area (TPSA) is 42.7 Å². The van der Waals surface area contributed by atoms with Crippen LogP contribution in [0.25, 0.3) is 5.57 Å². The molecule has 0 bridgehead atoms. The Morgan fingerprint density at radius 2 is 2.57 bits per heavy atom. The third kappa shape index (κ3) is 1.96. The second-order valence-electron chi connectivity index (χ2n) is 3.30. The van der Waals surface area contributed by atoms with Gasteiger partial charge in [0.2, 0.25) is 0 Å². The Labute approximate surface area is 87.9 Å². The first-order valence-corrected chi connectivity index (χ1v) is 5.19. The first-order valence-electron chi connectivity index (χ1n) is 4.75. The SMILES string of the molecule is CCn1cc(C2=CC(Cl)CNC2)nn1. The van der Waals surface area contributed by atoms with Gasteiger partial charge >= 0.3 is 0 Å². The van der Waals surface area contributed by atoms with Crippen molar-refractivity contribution < 1.29 is 0 Å². The van der Waals surface area contributed by atoms with Crippen LogP contribution in [0.3, 0.4) is 0 Å². The molecule has 1 aromatic rings. The van der Waals surface area contributed by atoms with Crippen molar-refractivity contribution in [1.82, 2.24) is 20.3 Å². The van der Waals surface area contributed by atoms with Crippen LogP contribution in [0.2, 0.25) is 0 Å². The number of aryl methyl sites for hydroxylation is 1. The molecule has 14 heavy (non-hydrogen) atoms. The zero-order valence-electron chi connectivity index (χ0n) is 8.07. The quantitative estimate of drug-likeness (QED) is 0.741. The molecule has 0 saturated carbocycles. The molecule has 1 aliphatic rings. The molecule has 1 aliphatic heterocycles. The molecule has 1 N–H and O–H groups in total. The summed E-state index contributed by atoms with van der Waals surface area (Å²) in [4.78, 5) is 0. The molecule has 1 atom stereocenters. The summed E-state index contributed by atoms with van der Waals surface area (Å²) in [7, 11) is 0. The summed E-state index contributed by atoms with van der Waals surface area (Å²) in [5.74, 6) is 0. The van der Waals surface area contributed by atoms with Crippen LogP contribution in [0.4, 0.5) is 0 Å². The predicted molar refractivity (Wildman–Crippen MR) is 56.2 cm³/mol. The van der Waals surface area contributed by atoms with E-state index in [4.69, 9.17) is 11.6 Å². The summed E-state index contributed by atoms with van der Waals surface area (Å²) in [6.07, 6.45) is 3.99. The minimum Gasteiger partial charge on any atom is -0.311 e. The lowest BCUT2D eigenvalue weighted by Gasteiger charge is -2.15. The van der Waals surface area contributed by atoms with Gasteiger partial charge in [-0.05, 0) is 12.5 Å². The summed E-state index contributed by atoms with van der Waals surface area (Å²) in [5.41, 5.74) is 2.06. The standard InChI is InChI=1S/C9H13ClN4/c1-2-14-6-9(12-13-14)7-3-8(10)5-11-4-7/h3,6,8,11H,2,4-5H2,1H3. The van der Waals surface area contributed by atoms with Crippen LogP contribution >= 0.6 is 11.6 Å². The van der Waals surface area contributed by atoms with Crippen LogP contribution in [0, 0.1) is 0 Å². The highest BCUT2D eigenvalue weighted by atomic mass is 35.5. The molecule has 1 unspecified atom stereocenters. The summed E-state index contributed by atoms with van der Waals surface area (Å²) >= 11 is 6.01. The van der Waals surface area contributed by atoms with Gasteiger partial charge in [0.05, 0.1) is 11.6 Å². The fourth-order valence-corrected chi connectivity index (χ4v) is 1.72. The Kier molecular flexibility index (Phi) is 2.84. The number of alkyl halides is 1. The molecule has 0 amide bonds. The third-order valence-corrected chi connectivity index (χ3v) is 2.51. The van der Waals surface area contributed by atoms with Crippen molar-refractivity contribution in [3.8, 4) is 0 Å². The maximum atomic E-state index is 6.01. The first-order chi connectivity index (χ1) is 6.79. The second-order valence-corrected chi connectivity index (χ2v) is 3.86. The number of hydrogen-bond donors (Lipinski definition) is 1. The van der Waals surface area contributed by atoms with Gasteiger partial charge in [0.1, 0.15) is 5.69 Å². The fourth-order valence-electron chi connectivity index (χ4n) is 1.46. The van der Waals surface area contributed by atoms with Crippen molar-refractivity contribution in [3.05, 3.63) is 18.0 Å². The van der Waals surface area contributed by atoms with Crippen molar-refractivity contribution in [2.24, 2.45) is 0 Å². The van der Waals surface area contributed by atoms with E-state index in [-0.39, 0.29) is 5.38 Å². The van der Waals surface area contributed by atoms with Crippen molar-refractivity contribution in [1.29, 1.82) is 0 Å². The fraction of sp³-hybridized carbons (Fsp3) is 0.556. The molecule has 0 saturated heterocycles. The number of aromatic nitrogens is 3. The van der Waals surface area contributed by atoms with Crippen LogP contribution < -0.4 is 5.32 Å². The lowest BCUT2D eigenvalue weighted by Crippen LogP contribution is -2.29. The van der Waals surface area contributed by atoms with Crippen molar-refractivity contribution >= 4 is 17.2 Å². The van der Waals surface area contributed by atoms with Crippen molar-refractivity contribution in [3.63, 3.8) is 0 Å². The Hall–Kier alpha value is -0.870. The largest absolute Gasteiger partial charge is 0.311 e. The summed E-state index contributed by atoms with van der Waals surface area (Å²) < 4.78 is 1.81. The van der Waals surface area contributed by atoms with E-state index in [1.165, 1.54) is 0 Å². The van der Waals surface area contributed by atoms with E-state index < -0.39 is 0 Å². The summed E-state index contributed by atoms with van der Waals surface area (Å²) in [6.45, 7) is 4.53. The van der Waals surface area contributed by atoms with Gasteiger partial charge in [-0.25, -0.2) is 0 Å². The molecule has 0 spiro atoms. The Morgan fingerprint density at radius 3 is 3.21 bits per heavy atom. The normalized spacial score (nSPS) is 22.1. The van der Waals surface area contributed by atoms with Gasteiger partial charge in [0.25, 0.3) is 0 Å². The molecule has 76 valence electrons. The molecule has 2 rings (SSSR count). The monoisotopic (exact) mass is 212 g/mol. The minimum absolute atomic E-state index is 0.0607. The maximum absolute atomic E-state index is 6.01. The van der Waals surface area contributed by atoms with E-state index in [1.807, 2.05) is 23.9 Å². The lowest BCUT2D eigenvalue weighted by atomic mass is 10.1. The smallest absolute Gasteiger partial charge is 0.110 e. The molecule has 4 nitrogen and oxygen atoms in total. The Balaban J connectivity index is 2.21. The van der Waals surface area contributed by atoms with Gasteiger partial charge in [-0.2, -0.15) is 0 Å². The zero-order chi connectivity index (χ0) is 9.97. The average Bonchev–Trinajstić information content (AvgIpc) is 2.66. The van der Waals surface area contributed by atoms with Crippen LogP contribution in [0.15, 0.2) is 12.3 Å². The Morgan fingerprint density at radius 1 is 1.71 bits per heavy atom. The highest BCUT2D eigenvalue weighted by Crippen LogP contribution is 2.16. The molecular weight excluding hydrogens is 200 g/mol. The molecule has 0 aliphatic carbocycles. The number of nitrogens with one attached hydrogen (secondary N) is 1. The lowest BCUT2D eigenvalue weighted by molar-refractivity contribution is 0.626. The molecule has 0 radical (unpaired) electrons. The number of hydrogen-bond acceptors (Lipinski definition) is 3. The van der Waals surface area contributed by atoms with Gasteiger partial charge in [-0.15, -0.1) is 16.7 Å². The summed E-state index contributed by atoms with van der Waals surface area (Å²) in [6, 6.07) is 0. The molecule has 2 heterocycles. The van der Waals surface area contributed by atoms with Crippen LogP contribution in [-0.2, 0) is 6.54 Å². The first kappa shape index (κ1) is 9.68. The number of halogens is 1. The van der Waals surface area contributed by atoms with E-state index in [0.29, 0.717) is 0 Å². The molecule has 0 aromatic carbocycles. The molecule has 5 heteroatoms. The van der Waals surface area contributed by atoms with Crippen LogP contribution in [0.1, 0.15) is 12.6 Å². The highest BCUT2D eigenvalue weighted by Gasteiger charge is 2.13. The van der Waals surface area contributed by atoms with Crippen molar-refractivity contribution in [2.75, 3.05) is 13.1 Å². The van der Waals surface area contributed by atoms with Gasteiger partial charge < -0.3 is 5.32 Å². The van der Waals surface area contributed by atoms with Gasteiger partial charge in [0, 0.05) is 19.6 Å². The van der Waals surface area contributed by atoms with E-state index in [1.54, 1.807) is 0 Å². The van der Waals surface area contributed by atoms with Crippen LogP contribution in [0.5, 0.6) is 0 Å². The summed E-state index contributed by atoms with van der Waals surface area (Å²) in [5, 5.41) is 11.4. The van der Waals surface area contributed by atoms with Crippen molar-refractivity contribution in [2.45, 2.75) is 18.8 Å². The van der Waals surface area contributed by atoms with Crippen LogP contribution in [-0.4, -0.2) is 33.5 Å². The van der Waals surface area contributed by atoms with Gasteiger partial charge in [-0.1, -0.05) is 11.3 Å². The molecular formula is C9H13ClN4. The van der Waals surface area contributed by atoms with Gasteiger partial charge in [0.15, 0.2) is 0 Å². The minimum atomic E-state index is 0.0607.